The first-order valence-electron chi connectivity index (χ1n) is 9.77. The van der Waals surface area contributed by atoms with E-state index >= 15 is 0 Å². The number of fused-ring (bicyclic) bond motifs is 1. The van der Waals surface area contributed by atoms with Gasteiger partial charge in [0.15, 0.2) is 5.82 Å². The Hall–Kier alpha value is -2.89. The predicted octanol–water partition coefficient (Wildman–Crippen LogP) is 3.85. The minimum atomic E-state index is -0.325. The molecule has 1 aliphatic rings. The van der Waals surface area contributed by atoms with Crippen LogP contribution < -0.4 is 5.32 Å². The molecule has 8 heteroatoms. The van der Waals surface area contributed by atoms with Crippen molar-refractivity contribution in [1.29, 1.82) is 5.26 Å². The maximum atomic E-state index is 9.92. The molecule has 1 aliphatic carbocycles. The number of aromatic nitrogens is 4. The van der Waals surface area contributed by atoms with Crippen LogP contribution in [0.4, 0.5) is 11.8 Å². The van der Waals surface area contributed by atoms with Crippen LogP contribution in [0.5, 0.6) is 0 Å². The lowest BCUT2D eigenvalue weighted by molar-refractivity contribution is 0.206. The molecule has 0 saturated carbocycles. The van der Waals surface area contributed by atoms with Gasteiger partial charge in [0.25, 0.3) is 0 Å². The molecule has 2 aromatic heterocycles. The van der Waals surface area contributed by atoms with Gasteiger partial charge in [0.2, 0.25) is 5.95 Å². The standard InChI is InChI=1S/C22H24N6O.H2S/c1-14(2)28-9-6-20(27-28)26-21-24-8-5-19(25-21)15-10-16(12-23)17-4-7-22(3,13-29)18(17)11-15;/h5-6,8-11,14,29H,4,7,13H2,1-3H3,(H,24,25,26,27);1H2/t22-;/m0./s1. The number of nitrogens with zero attached hydrogens (tertiary/aromatic N) is 5. The number of nitriles is 1. The second-order valence-corrected chi connectivity index (χ2v) is 8.05. The Bertz CT molecular complexity index is 1100. The van der Waals surface area contributed by atoms with Crippen LogP contribution in [0.15, 0.2) is 36.7 Å². The van der Waals surface area contributed by atoms with Gasteiger partial charge in [0.1, 0.15) is 0 Å². The lowest BCUT2D eigenvalue weighted by atomic mass is 9.83. The molecule has 0 fully saturated rings. The maximum Gasteiger partial charge on any atom is 0.228 e. The summed E-state index contributed by atoms with van der Waals surface area (Å²) in [6.07, 6.45) is 5.25. The molecule has 0 amide bonds. The lowest BCUT2D eigenvalue weighted by Crippen LogP contribution is -2.23. The van der Waals surface area contributed by atoms with E-state index in [9.17, 15) is 10.4 Å². The molecule has 4 rings (SSSR count). The van der Waals surface area contributed by atoms with E-state index in [4.69, 9.17) is 0 Å². The Morgan fingerprint density at radius 3 is 2.80 bits per heavy atom. The van der Waals surface area contributed by atoms with Crippen molar-refractivity contribution in [3.8, 4) is 17.3 Å². The molecule has 2 heterocycles. The fourth-order valence-corrected chi connectivity index (χ4v) is 3.81. The molecular formula is C22H26N6OS. The van der Waals surface area contributed by atoms with Gasteiger partial charge in [-0.2, -0.15) is 23.9 Å². The van der Waals surface area contributed by atoms with Crippen LogP contribution in [-0.2, 0) is 11.8 Å². The third-order valence-corrected chi connectivity index (χ3v) is 5.63. The number of benzene rings is 1. The number of aliphatic hydroxyl groups is 1. The second kappa shape index (κ2) is 8.46. The van der Waals surface area contributed by atoms with Crippen molar-refractivity contribution in [2.45, 2.75) is 45.1 Å². The smallest absolute Gasteiger partial charge is 0.228 e. The highest BCUT2D eigenvalue weighted by Gasteiger charge is 2.35. The van der Waals surface area contributed by atoms with Crippen LogP contribution in [0, 0.1) is 11.3 Å². The van der Waals surface area contributed by atoms with Crippen molar-refractivity contribution >= 4 is 25.3 Å². The van der Waals surface area contributed by atoms with Gasteiger partial charge in [0, 0.05) is 35.5 Å². The van der Waals surface area contributed by atoms with Crippen molar-refractivity contribution in [2.75, 3.05) is 11.9 Å². The van der Waals surface area contributed by atoms with E-state index in [0.717, 1.165) is 35.2 Å². The van der Waals surface area contributed by atoms with Crippen molar-refractivity contribution in [3.05, 3.63) is 53.3 Å². The van der Waals surface area contributed by atoms with Crippen LogP contribution in [-0.4, -0.2) is 31.5 Å². The largest absolute Gasteiger partial charge is 0.395 e. The van der Waals surface area contributed by atoms with Gasteiger partial charge in [0.05, 0.1) is 23.9 Å². The number of anilines is 2. The Kier molecular flexibility index (Phi) is 6.15. The zero-order valence-electron chi connectivity index (χ0n) is 17.3. The minimum absolute atomic E-state index is 0. The molecule has 156 valence electrons. The van der Waals surface area contributed by atoms with E-state index in [2.05, 4.69) is 46.4 Å². The van der Waals surface area contributed by atoms with E-state index in [1.54, 1.807) is 6.20 Å². The Morgan fingerprint density at radius 2 is 2.13 bits per heavy atom. The molecular weight excluding hydrogens is 396 g/mol. The summed E-state index contributed by atoms with van der Waals surface area (Å²) in [5.41, 5.74) is 3.97. The zero-order valence-corrected chi connectivity index (χ0v) is 18.3. The van der Waals surface area contributed by atoms with E-state index in [-0.39, 0.29) is 31.6 Å². The van der Waals surface area contributed by atoms with E-state index in [1.807, 2.05) is 36.0 Å². The Balaban J connectivity index is 0.00000256. The maximum absolute atomic E-state index is 9.92. The van der Waals surface area contributed by atoms with E-state index in [0.29, 0.717) is 17.3 Å². The summed E-state index contributed by atoms with van der Waals surface area (Å²) in [5, 5.41) is 27.2. The molecule has 30 heavy (non-hydrogen) atoms. The molecule has 1 atom stereocenters. The average Bonchev–Trinajstić information content (AvgIpc) is 3.33. The highest BCUT2D eigenvalue weighted by atomic mass is 32.1. The fourth-order valence-electron chi connectivity index (χ4n) is 3.81. The first kappa shape index (κ1) is 21.8. The molecule has 1 aromatic carbocycles. The van der Waals surface area contributed by atoms with Gasteiger partial charge in [-0.15, -0.1) is 0 Å². The summed E-state index contributed by atoms with van der Waals surface area (Å²) in [5.74, 6) is 1.12. The number of nitrogens with one attached hydrogen (secondary N) is 1. The van der Waals surface area contributed by atoms with Crippen LogP contribution >= 0.6 is 13.5 Å². The molecule has 0 bridgehead atoms. The summed E-state index contributed by atoms with van der Waals surface area (Å²) in [4.78, 5) is 8.92. The normalized spacial score (nSPS) is 17.3. The van der Waals surface area contributed by atoms with Crippen LogP contribution in [0.3, 0.4) is 0 Å². The quantitative estimate of drug-likeness (QED) is 0.648. The summed E-state index contributed by atoms with van der Waals surface area (Å²) < 4.78 is 1.86. The summed E-state index contributed by atoms with van der Waals surface area (Å²) in [7, 11) is 0. The monoisotopic (exact) mass is 422 g/mol. The summed E-state index contributed by atoms with van der Waals surface area (Å²) in [6, 6.07) is 10.2. The molecule has 3 aromatic rings. The number of rotatable bonds is 5. The van der Waals surface area contributed by atoms with Gasteiger partial charge in [-0.1, -0.05) is 6.92 Å². The van der Waals surface area contributed by atoms with Crippen LogP contribution in [0.1, 0.15) is 49.9 Å². The SMILES string of the molecule is CC(C)n1ccc(Nc2nccc(-c3cc(C#N)c4c(c3)[C@](C)(CO)CC4)n2)n1.S. The van der Waals surface area contributed by atoms with Gasteiger partial charge in [-0.25, -0.2) is 9.97 Å². The average molecular weight is 423 g/mol. The number of hydrogen-bond donors (Lipinski definition) is 2. The van der Waals surface area contributed by atoms with Gasteiger partial charge in [-0.05, 0) is 56.0 Å². The molecule has 2 N–H and O–H groups in total. The molecule has 0 radical (unpaired) electrons. The highest BCUT2D eigenvalue weighted by molar-refractivity contribution is 7.59. The molecule has 0 aliphatic heterocycles. The minimum Gasteiger partial charge on any atom is -0.395 e. The van der Waals surface area contributed by atoms with Gasteiger partial charge < -0.3 is 10.4 Å². The number of hydrogen-bond acceptors (Lipinski definition) is 6. The van der Waals surface area contributed by atoms with Crippen molar-refractivity contribution in [3.63, 3.8) is 0 Å². The second-order valence-electron chi connectivity index (χ2n) is 8.05. The number of aliphatic hydroxyl groups excluding tert-OH is 1. The van der Waals surface area contributed by atoms with Gasteiger partial charge in [-0.3, -0.25) is 4.68 Å². The lowest BCUT2D eigenvalue weighted by Gasteiger charge is -2.23. The Morgan fingerprint density at radius 1 is 1.33 bits per heavy atom. The van der Waals surface area contributed by atoms with Crippen molar-refractivity contribution in [1.82, 2.24) is 19.7 Å². The molecule has 7 nitrogen and oxygen atoms in total. The van der Waals surface area contributed by atoms with Crippen molar-refractivity contribution in [2.24, 2.45) is 0 Å². The van der Waals surface area contributed by atoms with E-state index in [1.165, 1.54) is 0 Å². The topological polar surface area (TPSA) is 99.7 Å². The predicted molar refractivity (Wildman–Crippen MR) is 121 cm³/mol. The molecule has 0 unspecified atom stereocenters. The highest BCUT2D eigenvalue weighted by Crippen LogP contribution is 2.42. The van der Waals surface area contributed by atoms with E-state index < -0.39 is 0 Å². The Labute approximate surface area is 183 Å². The summed E-state index contributed by atoms with van der Waals surface area (Å²) >= 11 is 0. The summed E-state index contributed by atoms with van der Waals surface area (Å²) in [6.45, 7) is 6.23. The zero-order chi connectivity index (χ0) is 20.6. The third-order valence-electron chi connectivity index (χ3n) is 5.63. The first-order chi connectivity index (χ1) is 13.9. The van der Waals surface area contributed by atoms with Crippen LogP contribution in [0.2, 0.25) is 0 Å². The van der Waals surface area contributed by atoms with Crippen LogP contribution in [0.25, 0.3) is 11.3 Å². The van der Waals surface area contributed by atoms with Gasteiger partial charge >= 0.3 is 0 Å². The fraction of sp³-hybridized carbons (Fsp3) is 0.364. The van der Waals surface area contributed by atoms with Crippen molar-refractivity contribution < 1.29 is 5.11 Å². The third kappa shape index (κ3) is 3.91. The first-order valence-corrected chi connectivity index (χ1v) is 9.77. The molecule has 0 spiro atoms. The molecule has 0 saturated heterocycles.